The number of para-hydroxylation sites is 1. The number of allylic oxidation sites excluding steroid dienone is 1. The van der Waals surface area contributed by atoms with Crippen molar-refractivity contribution < 1.29 is 4.74 Å². The maximum atomic E-state index is 5.97. The van der Waals surface area contributed by atoms with Crippen LogP contribution in [-0.2, 0) is 13.0 Å². The lowest BCUT2D eigenvalue weighted by Gasteiger charge is -2.11. The number of aryl methyl sites for hydroxylation is 1. The molecule has 2 rings (SSSR count). The molecular formula is C18H22N2O. The van der Waals surface area contributed by atoms with Crippen molar-refractivity contribution in [3.63, 3.8) is 0 Å². The Morgan fingerprint density at radius 1 is 1.24 bits per heavy atom. The van der Waals surface area contributed by atoms with Gasteiger partial charge in [0, 0.05) is 23.9 Å². The molecule has 0 bridgehead atoms. The summed E-state index contributed by atoms with van der Waals surface area (Å²) in [5.74, 6) is 1.41. The predicted octanol–water partition coefficient (Wildman–Crippen LogP) is 4.32. The Kier molecular flexibility index (Phi) is 5.52. The number of pyridine rings is 1. The third-order valence-electron chi connectivity index (χ3n) is 3.14. The Morgan fingerprint density at radius 3 is 2.76 bits per heavy atom. The molecule has 0 aliphatic heterocycles. The van der Waals surface area contributed by atoms with E-state index in [2.05, 4.69) is 11.9 Å². The minimum atomic E-state index is 0.492. The van der Waals surface area contributed by atoms with E-state index in [0.29, 0.717) is 12.4 Å². The van der Waals surface area contributed by atoms with E-state index in [1.54, 1.807) is 0 Å². The van der Waals surface area contributed by atoms with Gasteiger partial charge in [0.2, 0.25) is 5.88 Å². The van der Waals surface area contributed by atoms with Crippen LogP contribution in [0.25, 0.3) is 6.08 Å². The monoisotopic (exact) mass is 282 g/mol. The van der Waals surface area contributed by atoms with E-state index >= 15 is 0 Å². The lowest BCUT2D eigenvalue weighted by molar-refractivity contribution is 0.458. The van der Waals surface area contributed by atoms with Gasteiger partial charge in [-0.15, -0.1) is 0 Å². The lowest BCUT2D eigenvalue weighted by Crippen LogP contribution is -2.01. The number of ether oxygens (including phenoxy) is 1. The van der Waals surface area contributed by atoms with Crippen LogP contribution in [0.3, 0.4) is 0 Å². The van der Waals surface area contributed by atoms with Crippen molar-refractivity contribution in [2.75, 3.05) is 0 Å². The molecule has 0 aliphatic carbocycles. The van der Waals surface area contributed by atoms with E-state index in [1.807, 2.05) is 55.5 Å². The third kappa shape index (κ3) is 4.17. The molecule has 0 fully saturated rings. The first-order valence-corrected chi connectivity index (χ1v) is 7.36. The van der Waals surface area contributed by atoms with Gasteiger partial charge in [-0.3, -0.25) is 0 Å². The van der Waals surface area contributed by atoms with Gasteiger partial charge in [0.05, 0.1) is 0 Å². The molecule has 0 saturated carbocycles. The fourth-order valence-electron chi connectivity index (χ4n) is 2.18. The molecule has 0 unspecified atom stereocenters. The van der Waals surface area contributed by atoms with Crippen molar-refractivity contribution in [3.05, 3.63) is 59.3 Å². The van der Waals surface area contributed by atoms with Crippen LogP contribution in [0.4, 0.5) is 0 Å². The van der Waals surface area contributed by atoms with Gasteiger partial charge >= 0.3 is 0 Å². The maximum absolute atomic E-state index is 5.97. The van der Waals surface area contributed by atoms with Gasteiger partial charge in [-0.1, -0.05) is 43.7 Å². The van der Waals surface area contributed by atoms with Crippen LogP contribution in [0.1, 0.15) is 37.1 Å². The molecule has 2 N–H and O–H groups in total. The zero-order valence-electron chi connectivity index (χ0n) is 12.7. The quantitative estimate of drug-likeness (QED) is 0.858. The van der Waals surface area contributed by atoms with Crippen LogP contribution in [-0.4, -0.2) is 4.98 Å². The zero-order valence-corrected chi connectivity index (χ0v) is 12.7. The van der Waals surface area contributed by atoms with Crippen molar-refractivity contribution in [1.29, 1.82) is 0 Å². The number of aromatic nitrogens is 1. The molecule has 0 spiro atoms. The highest BCUT2D eigenvalue weighted by atomic mass is 16.5. The molecule has 2 aromatic rings. The van der Waals surface area contributed by atoms with Gasteiger partial charge in [0.1, 0.15) is 5.75 Å². The molecule has 1 heterocycles. The number of hydrogen-bond donors (Lipinski definition) is 1. The molecule has 110 valence electrons. The van der Waals surface area contributed by atoms with Crippen LogP contribution < -0.4 is 10.5 Å². The third-order valence-corrected chi connectivity index (χ3v) is 3.14. The van der Waals surface area contributed by atoms with Crippen LogP contribution >= 0.6 is 0 Å². The SMILES string of the molecule is C/C=C/c1ccccc1Oc1cc(CN)cc(CCC)n1. The first-order valence-electron chi connectivity index (χ1n) is 7.36. The molecule has 1 aromatic carbocycles. The van der Waals surface area contributed by atoms with E-state index < -0.39 is 0 Å². The molecule has 0 radical (unpaired) electrons. The van der Waals surface area contributed by atoms with E-state index in [9.17, 15) is 0 Å². The van der Waals surface area contributed by atoms with Crippen molar-refractivity contribution in [2.24, 2.45) is 5.73 Å². The predicted molar refractivity (Wildman–Crippen MR) is 87.3 cm³/mol. The Bertz CT molecular complexity index is 620. The molecule has 3 nitrogen and oxygen atoms in total. The number of hydrogen-bond acceptors (Lipinski definition) is 3. The van der Waals surface area contributed by atoms with Crippen molar-refractivity contribution in [1.82, 2.24) is 4.98 Å². The highest BCUT2D eigenvalue weighted by molar-refractivity contribution is 5.57. The van der Waals surface area contributed by atoms with E-state index in [4.69, 9.17) is 10.5 Å². The first kappa shape index (κ1) is 15.3. The number of benzene rings is 1. The molecule has 21 heavy (non-hydrogen) atoms. The highest BCUT2D eigenvalue weighted by Crippen LogP contribution is 2.26. The Labute approximate surface area is 126 Å². The van der Waals surface area contributed by atoms with Crippen LogP contribution in [0.2, 0.25) is 0 Å². The van der Waals surface area contributed by atoms with E-state index in [0.717, 1.165) is 35.4 Å². The standard InChI is InChI=1S/C18H22N2O/c1-3-7-15-9-5-6-10-17(15)21-18-12-14(13-19)11-16(20-18)8-4-2/h3,5-7,9-12H,4,8,13,19H2,1-2H3/b7-3+. The summed E-state index contributed by atoms with van der Waals surface area (Å²) in [5.41, 5.74) is 8.87. The lowest BCUT2D eigenvalue weighted by atomic mass is 10.1. The summed E-state index contributed by atoms with van der Waals surface area (Å²) in [5, 5.41) is 0. The summed E-state index contributed by atoms with van der Waals surface area (Å²) in [6, 6.07) is 11.9. The van der Waals surface area contributed by atoms with Crippen LogP contribution in [0.15, 0.2) is 42.5 Å². The fourth-order valence-corrected chi connectivity index (χ4v) is 2.18. The van der Waals surface area contributed by atoms with Gasteiger partial charge in [-0.25, -0.2) is 4.98 Å². The second-order valence-electron chi connectivity index (χ2n) is 4.90. The molecule has 0 amide bonds. The summed E-state index contributed by atoms with van der Waals surface area (Å²) in [6.45, 7) is 4.62. The topological polar surface area (TPSA) is 48.1 Å². The zero-order chi connectivity index (χ0) is 15.1. The molecular weight excluding hydrogens is 260 g/mol. The highest BCUT2D eigenvalue weighted by Gasteiger charge is 2.06. The van der Waals surface area contributed by atoms with Crippen molar-refractivity contribution in [3.8, 4) is 11.6 Å². The minimum absolute atomic E-state index is 0.492. The Hall–Kier alpha value is -2.13. The maximum Gasteiger partial charge on any atom is 0.219 e. The summed E-state index contributed by atoms with van der Waals surface area (Å²) in [7, 11) is 0. The second kappa shape index (κ2) is 7.60. The molecule has 0 saturated heterocycles. The molecule has 1 aromatic heterocycles. The number of nitrogens with zero attached hydrogens (tertiary/aromatic N) is 1. The molecule has 0 aliphatic rings. The largest absolute Gasteiger partial charge is 0.438 e. The second-order valence-corrected chi connectivity index (χ2v) is 4.90. The van der Waals surface area contributed by atoms with Gasteiger partial charge < -0.3 is 10.5 Å². The van der Waals surface area contributed by atoms with Crippen molar-refractivity contribution in [2.45, 2.75) is 33.2 Å². The van der Waals surface area contributed by atoms with Crippen LogP contribution in [0, 0.1) is 0 Å². The van der Waals surface area contributed by atoms with E-state index in [1.165, 1.54) is 0 Å². The van der Waals surface area contributed by atoms with E-state index in [-0.39, 0.29) is 0 Å². The average molecular weight is 282 g/mol. The van der Waals surface area contributed by atoms with Gasteiger partial charge in [-0.2, -0.15) is 0 Å². The normalized spacial score (nSPS) is 11.0. The van der Waals surface area contributed by atoms with Crippen molar-refractivity contribution >= 4 is 6.08 Å². The van der Waals surface area contributed by atoms with Gasteiger partial charge in [0.15, 0.2) is 0 Å². The first-order chi connectivity index (χ1) is 10.3. The smallest absolute Gasteiger partial charge is 0.219 e. The number of rotatable bonds is 6. The number of nitrogens with two attached hydrogens (primary N) is 1. The van der Waals surface area contributed by atoms with Crippen LogP contribution in [0.5, 0.6) is 11.6 Å². The van der Waals surface area contributed by atoms with Gasteiger partial charge in [0.25, 0.3) is 0 Å². The Morgan fingerprint density at radius 2 is 2.05 bits per heavy atom. The minimum Gasteiger partial charge on any atom is -0.438 e. The fraction of sp³-hybridized carbons (Fsp3) is 0.278. The molecule has 0 atom stereocenters. The Balaban J connectivity index is 2.32. The van der Waals surface area contributed by atoms with Gasteiger partial charge in [-0.05, 0) is 31.0 Å². The summed E-state index contributed by atoms with van der Waals surface area (Å²) in [4.78, 5) is 4.57. The molecule has 3 heteroatoms. The summed E-state index contributed by atoms with van der Waals surface area (Å²) >= 11 is 0. The summed E-state index contributed by atoms with van der Waals surface area (Å²) in [6.07, 6.45) is 6.00. The summed E-state index contributed by atoms with van der Waals surface area (Å²) < 4.78 is 5.97. The average Bonchev–Trinajstić information content (AvgIpc) is 2.49.